The van der Waals surface area contributed by atoms with Crippen LogP contribution in [0.1, 0.15) is 58.5 Å². The first-order valence-corrected chi connectivity index (χ1v) is 8.77. The second-order valence-corrected chi connectivity index (χ2v) is 6.78. The number of halogens is 3. The lowest BCUT2D eigenvalue weighted by Gasteiger charge is -2.15. The monoisotopic (exact) mass is 370 g/mol. The number of carbonyl (C=O) groups is 1. The van der Waals surface area contributed by atoms with Crippen molar-refractivity contribution in [3.8, 4) is 0 Å². The molecule has 1 aromatic carbocycles. The van der Waals surface area contributed by atoms with E-state index >= 15 is 0 Å². The first kappa shape index (κ1) is 17.9. The average Bonchev–Trinajstić information content (AvgIpc) is 3.25. The van der Waals surface area contributed by atoms with Crippen molar-refractivity contribution < 1.29 is 22.7 Å². The molecule has 1 aliphatic rings. The fraction of sp³-hybridized carbons (Fsp3) is 0.412. The summed E-state index contributed by atoms with van der Waals surface area (Å²) in [6.07, 6.45) is -2.62. The minimum atomic E-state index is -4.41. The molecule has 25 heavy (non-hydrogen) atoms. The van der Waals surface area contributed by atoms with E-state index < -0.39 is 23.7 Å². The minimum absolute atomic E-state index is 0.0626. The van der Waals surface area contributed by atoms with Crippen molar-refractivity contribution in [2.45, 2.75) is 38.1 Å². The van der Waals surface area contributed by atoms with Gasteiger partial charge in [0.2, 0.25) is 0 Å². The lowest BCUT2D eigenvalue weighted by Crippen LogP contribution is -2.27. The molecule has 0 saturated carbocycles. The van der Waals surface area contributed by atoms with Gasteiger partial charge in [0.15, 0.2) is 0 Å². The van der Waals surface area contributed by atoms with Gasteiger partial charge in [0.1, 0.15) is 16.8 Å². The predicted molar refractivity (Wildman–Crippen MR) is 87.4 cm³/mol. The van der Waals surface area contributed by atoms with E-state index in [4.69, 9.17) is 4.74 Å². The van der Waals surface area contributed by atoms with Gasteiger partial charge in [-0.25, -0.2) is 4.98 Å². The largest absolute Gasteiger partial charge is 0.416 e. The van der Waals surface area contributed by atoms with Crippen LogP contribution < -0.4 is 5.32 Å². The second-order valence-electron chi connectivity index (χ2n) is 5.89. The second kappa shape index (κ2) is 7.13. The van der Waals surface area contributed by atoms with E-state index in [0.29, 0.717) is 12.2 Å². The Morgan fingerprint density at radius 1 is 1.44 bits per heavy atom. The zero-order valence-electron chi connectivity index (χ0n) is 13.5. The normalized spacial score (nSPS) is 19.0. The van der Waals surface area contributed by atoms with Crippen LogP contribution in [0.3, 0.4) is 0 Å². The number of benzene rings is 1. The molecule has 2 aromatic rings. The van der Waals surface area contributed by atoms with Gasteiger partial charge in [-0.15, -0.1) is 11.3 Å². The van der Waals surface area contributed by atoms with E-state index in [1.165, 1.54) is 17.4 Å². The third-order valence-corrected chi connectivity index (χ3v) is 4.96. The zero-order chi connectivity index (χ0) is 18.0. The highest BCUT2D eigenvalue weighted by Crippen LogP contribution is 2.32. The SMILES string of the molecule is CC(NC(=O)c1csc(C2CCCO2)n1)c1cccc(C(F)(F)F)c1. The van der Waals surface area contributed by atoms with Gasteiger partial charge in [-0.3, -0.25) is 4.79 Å². The molecular weight excluding hydrogens is 353 g/mol. The van der Waals surface area contributed by atoms with Crippen molar-refractivity contribution in [3.05, 3.63) is 51.5 Å². The number of amides is 1. The highest BCUT2D eigenvalue weighted by molar-refractivity contribution is 7.09. The first-order valence-electron chi connectivity index (χ1n) is 7.89. The topological polar surface area (TPSA) is 51.2 Å². The molecule has 0 aliphatic carbocycles. The van der Waals surface area contributed by atoms with Crippen molar-refractivity contribution in [1.82, 2.24) is 10.3 Å². The van der Waals surface area contributed by atoms with Crippen molar-refractivity contribution >= 4 is 17.2 Å². The Bertz CT molecular complexity index is 754. The maximum atomic E-state index is 12.8. The van der Waals surface area contributed by atoms with Crippen LogP contribution in [-0.2, 0) is 10.9 Å². The van der Waals surface area contributed by atoms with Crippen LogP contribution in [0.15, 0.2) is 29.6 Å². The molecule has 8 heteroatoms. The summed E-state index contributed by atoms with van der Waals surface area (Å²) >= 11 is 1.36. The lowest BCUT2D eigenvalue weighted by atomic mass is 10.0. The lowest BCUT2D eigenvalue weighted by molar-refractivity contribution is -0.137. The Morgan fingerprint density at radius 2 is 2.24 bits per heavy atom. The van der Waals surface area contributed by atoms with Crippen LogP contribution in [0.4, 0.5) is 13.2 Å². The molecule has 1 N–H and O–H groups in total. The van der Waals surface area contributed by atoms with Crippen molar-refractivity contribution in [2.75, 3.05) is 6.61 Å². The molecule has 4 nitrogen and oxygen atoms in total. The van der Waals surface area contributed by atoms with Gasteiger partial charge in [0, 0.05) is 12.0 Å². The zero-order valence-corrected chi connectivity index (χ0v) is 14.3. The number of rotatable bonds is 4. The van der Waals surface area contributed by atoms with Crippen LogP contribution in [0.5, 0.6) is 0 Å². The molecule has 1 aliphatic heterocycles. The van der Waals surface area contributed by atoms with Crippen LogP contribution in [0.2, 0.25) is 0 Å². The molecule has 0 radical (unpaired) electrons. The van der Waals surface area contributed by atoms with Gasteiger partial charge in [0.25, 0.3) is 5.91 Å². The van der Waals surface area contributed by atoms with E-state index in [9.17, 15) is 18.0 Å². The minimum Gasteiger partial charge on any atom is -0.371 e. The maximum absolute atomic E-state index is 12.8. The summed E-state index contributed by atoms with van der Waals surface area (Å²) in [6.45, 7) is 2.33. The Labute approximate surface area is 147 Å². The maximum Gasteiger partial charge on any atom is 0.416 e. The van der Waals surface area contributed by atoms with E-state index in [1.807, 2.05) is 0 Å². The third kappa shape index (κ3) is 4.19. The fourth-order valence-corrected chi connectivity index (χ4v) is 3.53. The van der Waals surface area contributed by atoms with E-state index in [1.54, 1.807) is 18.4 Å². The summed E-state index contributed by atoms with van der Waals surface area (Å²) in [5.74, 6) is -0.412. The predicted octanol–water partition coefficient (Wildman–Crippen LogP) is 4.50. The quantitative estimate of drug-likeness (QED) is 0.862. The Hall–Kier alpha value is -1.93. The Balaban J connectivity index is 1.68. The van der Waals surface area contributed by atoms with Gasteiger partial charge >= 0.3 is 6.18 Å². The number of nitrogens with one attached hydrogen (secondary N) is 1. The summed E-state index contributed by atoms with van der Waals surface area (Å²) in [5, 5.41) is 5.09. The smallest absolute Gasteiger partial charge is 0.371 e. The summed E-state index contributed by atoms with van der Waals surface area (Å²) in [7, 11) is 0. The van der Waals surface area contributed by atoms with Crippen molar-refractivity contribution in [2.24, 2.45) is 0 Å². The van der Waals surface area contributed by atoms with Gasteiger partial charge < -0.3 is 10.1 Å². The van der Waals surface area contributed by atoms with Gasteiger partial charge in [-0.2, -0.15) is 13.2 Å². The van der Waals surface area contributed by atoms with Crippen LogP contribution in [-0.4, -0.2) is 17.5 Å². The van der Waals surface area contributed by atoms with Crippen LogP contribution in [0, 0.1) is 0 Å². The van der Waals surface area contributed by atoms with Crippen LogP contribution >= 0.6 is 11.3 Å². The van der Waals surface area contributed by atoms with E-state index in [0.717, 1.165) is 30.0 Å². The molecule has 1 fully saturated rings. The summed E-state index contributed by atoms with van der Waals surface area (Å²) in [4.78, 5) is 16.6. The highest BCUT2D eigenvalue weighted by atomic mass is 32.1. The van der Waals surface area contributed by atoms with Crippen molar-refractivity contribution in [3.63, 3.8) is 0 Å². The number of nitrogens with zero attached hydrogens (tertiary/aromatic N) is 1. The Kier molecular flexibility index (Phi) is 5.10. The molecule has 3 rings (SSSR count). The molecule has 1 saturated heterocycles. The standard InChI is InChI=1S/C17H17F3N2O2S/c1-10(11-4-2-5-12(8-11)17(18,19)20)21-15(23)13-9-25-16(22-13)14-6-3-7-24-14/h2,4-5,8-10,14H,3,6-7H2,1H3,(H,21,23). The molecule has 1 amide bonds. The first-order chi connectivity index (χ1) is 11.8. The summed E-state index contributed by atoms with van der Waals surface area (Å²) in [5.41, 5.74) is -0.0903. The highest BCUT2D eigenvalue weighted by Gasteiger charge is 2.31. The number of hydrogen-bond donors (Lipinski definition) is 1. The fourth-order valence-electron chi connectivity index (χ4n) is 2.65. The van der Waals surface area contributed by atoms with Crippen molar-refractivity contribution in [1.29, 1.82) is 0 Å². The molecule has 2 atom stereocenters. The number of ether oxygens (including phenoxy) is 1. The summed E-state index contributed by atoms with van der Waals surface area (Å²) < 4.78 is 43.9. The molecule has 2 heterocycles. The third-order valence-electron chi connectivity index (χ3n) is 4.02. The van der Waals surface area contributed by atoms with Gasteiger partial charge in [-0.1, -0.05) is 12.1 Å². The number of alkyl halides is 3. The average molecular weight is 370 g/mol. The molecule has 2 unspecified atom stereocenters. The Morgan fingerprint density at radius 3 is 2.92 bits per heavy atom. The molecular formula is C17H17F3N2O2S. The molecule has 134 valence electrons. The van der Waals surface area contributed by atoms with Gasteiger partial charge in [0.05, 0.1) is 11.6 Å². The number of aromatic nitrogens is 1. The van der Waals surface area contributed by atoms with Crippen LogP contribution in [0.25, 0.3) is 0 Å². The summed E-state index contributed by atoms with van der Waals surface area (Å²) in [6, 6.07) is 4.37. The van der Waals surface area contributed by atoms with Gasteiger partial charge in [-0.05, 0) is 37.5 Å². The molecule has 0 spiro atoms. The van der Waals surface area contributed by atoms with E-state index in [-0.39, 0.29) is 11.8 Å². The van der Waals surface area contributed by atoms with E-state index in [2.05, 4.69) is 10.3 Å². The molecule has 1 aromatic heterocycles. The molecule has 0 bridgehead atoms. The number of thiazole rings is 1. The number of hydrogen-bond acceptors (Lipinski definition) is 4. The number of carbonyl (C=O) groups excluding carboxylic acids is 1.